The van der Waals surface area contributed by atoms with Crippen LogP contribution in [0.1, 0.15) is 49.1 Å². The van der Waals surface area contributed by atoms with E-state index in [0.717, 1.165) is 0 Å². The molecule has 0 saturated heterocycles. The highest BCUT2D eigenvalue weighted by molar-refractivity contribution is 5.40. The van der Waals surface area contributed by atoms with Crippen LogP contribution in [-0.2, 0) is 0 Å². The maximum atomic E-state index is 6.08. The van der Waals surface area contributed by atoms with Gasteiger partial charge in [0.2, 0.25) is 0 Å². The highest BCUT2D eigenvalue weighted by atomic mass is 15.2. The lowest BCUT2D eigenvalue weighted by Crippen LogP contribution is -2.40. The molecule has 2 nitrogen and oxygen atoms in total. The summed E-state index contributed by atoms with van der Waals surface area (Å²) >= 11 is 0. The molecule has 0 fully saturated rings. The third-order valence-corrected chi connectivity index (χ3v) is 4.39. The molecule has 1 aromatic rings. The molecule has 0 saturated carbocycles. The van der Waals surface area contributed by atoms with Gasteiger partial charge in [-0.1, -0.05) is 31.5 Å². The predicted molar refractivity (Wildman–Crippen MR) is 84.5 cm³/mol. The molecule has 2 atom stereocenters. The second-order valence-electron chi connectivity index (χ2n) is 6.21. The average Bonchev–Trinajstić information content (AvgIpc) is 2.31. The third kappa shape index (κ3) is 3.58. The molecular formula is C17H30N2. The van der Waals surface area contributed by atoms with Crippen LogP contribution in [0.25, 0.3) is 0 Å². The molecule has 2 heteroatoms. The van der Waals surface area contributed by atoms with Crippen LogP contribution in [0.4, 0.5) is 0 Å². The number of nitrogens with zero attached hydrogens (tertiary/aromatic N) is 1. The van der Waals surface area contributed by atoms with E-state index in [9.17, 15) is 0 Å². The Kier molecular flexibility index (Phi) is 5.57. The number of benzene rings is 1. The first-order chi connectivity index (χ1) is 8.79. The van der Waals surface area contributed by atoms with Crippen molar-refractivity contribution in [3.63, 3.8) is 0 Å². The summed E-state index contributed by atoms with van der Waals surface area (Å²) in [7, 11) is 2.20. The molecule has 0 radical (unpaired) electrons. The van der Waals surface area contributed by atoms with Crippen LogP contribution in [0, 0.1) is 26.7 Å². The average molecular weight is 262 g/mol. The standard InChI is InChI=1S/C17H30N2/c1-11(2)15(6)19(7)16(10-18)17-13(4)8-12(3)9-14(17)5/h8-9,11,15-16H,10,18H2,1-7H3. The van der Waals surface area contributed by atoms with Crippen LogP contribution in [-0.4, -0.2) is 24.5 Å². The van der Waals surface area contributed by atoms with Crippen LogP contribution in [0.3, 0.4) is 0 Å². The van der Waals surface area contributed by atoms with Crippen molar-refractivity contribution in [3.05, 3.63) is 34.4 Å². The fraction of sp³-hybridized carbons (Fsp3) is 0.647. The lowest BCUT2D eigenvalue weighted by molar-refractivity contribution is 0.151. The number of hydrogen-bond donors (Lipinski definition) is 1. The lowest BCUT2D eigenvalue weighted by atomic mass is 9.91. The molecule has 0 heterocycles. The summed E-state index contributed by atoms with van der Waals surface area (Å²) in [5, 5.41) is 0. The van der Waals surface area contributed by atoms with Crippen LogP contribution in [0.2, 0.25) is 0 Å². The Bertz CT molecular complexity index is 400. The predicted octanol–water partition coefficient (Wildman–Crippen LogP) is 3.59. The molecule has 0 spiro atoms. The fourth-order valence-corrected chi connectivity index (χ4v) is 2.96. The largest absolute Gasteiger partial charge is 0.329 e. The summed E-state index contributed by atoms with van der Waals surface area (Å²) in [5.41, 5.74) is 11.5. The number of likely N-dealkylation sites (N-methyl/N-ethyl adjacent to an activating group) is 1. The Hall–Kier alpha value is -0.860. The van der Waals surface area contributed by atoms with Gasteiger partial charge in [0.05, 0.1) is 0 Å². The van der Waals surface area contributed by atoms with Gasteiger partial charge in [0, 0.05) is 18.6 Å². The van der Waals surface area contributed by atoms with E-state index in [1.807, 2.05) is 0 Å². The Morgan fingerprint density at radius 1 is 1.05 bits per heavy atom. The number of rotatable bonds is 5. The van der Waals surface area contributed by atoms with Gasteiger partial charge in [-0.05, 0) is 57.4 Å². The summed E-state index contributed by atoms with van der Waals surface area (Å²) in [6.07, 6.45) is 0. The molecule has 2 unspecified atom stereocenters. The van der Waals surface area contributed by atoms with Gasteiger partial charge in [-0.15, -0.1) is 0 Å². The van der Waals surface area contributed by atoms with Crippen molar-refractivity contribution < 1.29 is 0 Å². The van der Waals surface area contributed by atoms with Crippen molar-refractivity contribution in [2.45, 2.75) is 53.6 Å². The summed E-state index contributed by atoms with van der Waals surface area (Å²) in [6.45, 7) is 14.0. The van der Waals surface area contributed by atoms with E-state index in [2.05, 4.69) is 65.6 Å². The van der Waals surface area contributed by atoms with Gasteiger partial charge in [-0.25, -0.2) is 0 Å². The van der Waals surface area contributed by atoms with Crippen molar-refractivity contribution in [2.75, 3.05) is 13.6 Å². The lowest BCUT2D eigenvalue weighted by Gasteiger charge is -2.36. The van der Waals surface area contributed by atoms with Gasteiger partial charge in [0.15, 0.2) is 0 Å². The van der Waals surface area contributed by atoms with E-state index >= 15 is 0 Å². The second kappa shape index (κ2) is 6.53. The Morgan fingerprint density at radius 3 is 1.89 bits per heavy atom. The molecule has 0 aliphatic carbocycles. The SMILES string of the molecule is Cc1cc(C)c(C(CN)N(C)C(C)C(C)C)c(C)c1. The molecule has 0 aromatic heterocycles. The zero-order chi connectivity index (χ0) is 14.7. The Morgan fingerprint density at radius 2 is 1.53 bits per heavy atom. The van der Waals surface area contributed by atoms with Crippen molar-refractivity contribution in [2.24, 2.45) is 11.7 Å². The number of aryl methyl sites for hydroxylation is 3. The van der Waals surface area contributed by atoms with E-state index in [4.69, 9.17) is 5.73 Å². The van der Waals surface area contributed by atoms with Gasteiger partial charge >= 0.3 is 0 Å². The quantitative estimate of drug-likeness (QED) is 0.878. The molecule has 2 N–H and O–H groups in total. The zero-order valence-electron chi connectivity index (χ0n) is 13.6. The minimum atomic E-state index is 0.304. The normalized spacial score (nSPS) is 15.1. The fourth-order valence-electron chi connectivity index (χ4n) is 2.96. The van der Waals surface area contributed by atoms with Gasteiger partial charge < -0.3 is 5.73 Å². The van der Waals surface area contributed by atoms with Gasteiger partial charge in [-0.2, -0.15) is 0 Å². The number of nitrogens with two attached hydrogens (primary N) is 1. The van der Waals surface area contributed by atoms with E-state index in [0.29, 0.717) is 24.5 Å². The van der Waals surface area contributed by atoms with Crippen LogP contribution < -0.4 is 5.73 Å². The van der Waals surface area contributed by atoms with Crippen LogP contribution in [0.5, 0.6) is 0 Å². The first-order valence-corrected chi connectivity index (χ1v) is 7.29. The minimum Gasteiger partial charge on any atom is -0.329 e. The molecule has 0 amide bonds. The van der Waals surface area contributed by atoms with Crippen LogP contribution in [0.15, 0.2) is 12.1 Å². The number of hydrogen-bond acceptors (Lipinski definition) is 2. The van der Waals surface area contributed by atoms with Crippen LogP contribution >= 0.6 is 0 Å². The zero-order valence-corrected chi connectivity index (χ0v) is 13.6. The summed E-state index contributed by atoms with van der Waals surface area (Å²) < 4.78 is 0. The molecule has 0 aliphatic heterocycles. The van der Waals surface area contributed by atoms with E-state index in [1.54, 1.807) is 0 Å². The second-order valence-corrected chi connectivity index (χ2v) is 6.21. The highest BCUT2D eigenvalue weighted by Crippen LogP contribution is 2.29. The van der Waals surface area contributed by atoms with E-state index in [1.165, 1.54) is 22.3 Å². The van der Waals surface area contributed by atoms with Crippen molar-refractivity contribution >= 4 is 0 Å². The van der Waals surface area contributed by atoms with Crippen molar-refractivity contribution in [1.29, 1.82) is 0 Å². The molecule has 0 bridgehead atoms. The summed E-state index contributed by atoms with van der Waals surface area (Å²) in [6, 6.07) is 5.35. The molecule has 19 heavy (non-hydrogen) atoms. The monoisotopic (exact) mass is 262 g/mol. The van der Waals surface area contributed by atoms with Gasteiger partial charge in [-0.3, -0.25) is 4.90 Å². The highest BCUT2D eigenvalue weighted by Gasteiger charge is 2.24. The summed E-state index contributed by atoms with van der Waals surface area (Å²) in [4.78, 5) is 2.43. The third-order valence-electron chi connectivity index (χ3n) is 4.39. The first kappa shape index (κ1) is 16.2. The first-order valence-electron chi connectivity index (χ1n) is 7.29. The van der Waals surface area contributed by atoms with Gasteiger partial charge in [0.1, 0.15) is 0 Å². The molecule has 108 valence electrons. The molecule has 1 rings (SSSR count). The molecule has 0 aliphatic rings. The van der Waals surface area contributed by atoms with Gasteiger partial charge in [0.25, 0.3) is 0 Å². The van der Waals surface area contributed by atoms with E-state index < -0.39 is 0 Å². The van der Waals surface area contributed by atoms with E-state index in [-0.39, 0.29) is 0 Å². The molecule has 1 aromatic carbocycles. The topological polar surface area (TPSA) is 29.3 Å². The summed E-state index contributed by atoms with van der Waals surface area (Å²) in [5.74, 6) is 0.630. The van der Waals surface area contributed by atoms with Crippen molar-refractivity contribution in [1.82, 2.24) is 4.90 Å². The maximum Gasteiger partial charge on any atom is 0.0475 e. The minimum absolute atomic E-state index is 0.304. The smallest absolute Gasteiger partial charge is 0.0475 e. The Labute approximate surface area is 119 Å². The maximum absolute atomic E-state index is 6.08. The molecular weight excluding hydrogens is 232 g/mol. The Balaban J connectivity index is 3.17. The van der Waals surface area contributed by atoms with Crippen molar-refractivity contribution in [3.8, 4) is 0 Å².